The standard InChI is InChI=1S/C12H18N2O2/c1-3-10(4-2)9-13-11-7-5-6-8-12(11)14(15)16/h5-8,10,13H,3-4,9H2,1-2H3. The van der Waals surface area contributed by atoms with Gasteiger partial charge in [-0.1, -0.05) is 38.8 Å². The van der Waals surface area contributed by atoms with Gasteiger partial charge in [0.1, 0.15) is 5.69 Å². The van der Waals surface area contributed by atoms with E-state index in [0.29, 0.717) is 11.6 Å². The van der Waals surface area contributed by atoms with Crippen molar-refractivity contribution in [2.75, 3.05) is 11.9 Å². The lowest BCUT2D eigenvalue weighted by Gasteiger charge is -2.14. The fourth-order valence-corrected chi connectivity index (χ4v) is 1.61. The lowest BCUT2D eigenvalue weighted by Crippen LogP contribution is -2.13. The number of rotatable bonds is 6. The maximum atomic E-state index is 10.8. The minimum Gasteiger partial charge on any atom is -0.379 e. The number of anilines is 1. The molecule has 16 heavy (non-hydrogen) atoms. The minimum absolute atomic E-state index is 0.147. The molecular formula is C12H18N2O2. The van der Waals surface area contributed by atoms with Gasteiger partial charge in [0.15, 0.2) is 0 Å². The summed E-state index contributed by atoms with van der Waals surface area (Å²) in [7, 11) is 0. The van der Waals surface area contributed by atoms with E-state index in [1.54, 1.807) is 12.1 Å². The Labute approximate surface area is 95.8 Å². The van der Waals surface area contributed by atoms with Crippen molar-refractivity contribution in [2.45, 2.75) is 26.7 Å². The molecule has 1 rings (SSSR count). The number of nitrogens with zero attached hydrogens (tertiary/aromatic N) is 1. The number of para-hydroxylation sites is 2. The van der Waals surface area contributed by atoms with Crippen LogP contribution in [0.15, 0.2) is 24.3 Å². The first-order chi connectivity index (χ1) is 7.69. The van der Waals surface area contributed by atoms with E-state index in [-0.39, 0.29) is 10.6 Å². The largest absolute Gasteiger partial charge is 0.379 e. The summed E-state index contributed by atoms with van der Waals surface area (Å²) in [6, 6.07) is 6.76. The van der Waals surface area contributed by atoms with E-state index >= 15 is 0 Å². The highest BCUT2D eigenvalue weighted by atomic mass is 16.6. The first-order valence-corrected chi connectivity index (χ1v) is 5.66. The van der Waals surface area contributed by atoms with Crippen LogP contribution in [0.3, 0.4) is 0 Å². The van der Waals surface area contributed by atoms with Crippen molar-refractivity contribution in [1.29, 1.82) is 0 Å². The SMILES string of the molecule is CCC(CC)CNc1ccccc1[N+](=O)[O-]. The quantitative estimate of drug-likeness (QED) is 0.592. The highest BCUT2D eigenvalue weighted by molar-refractivity contribution is 5.61. The molecular weight excluding hydrogens is 204 g/mol. The summed E-state index contributed by atoms with van der Waals surface area (Å²) in [5, 5.41) is 13.9. The third-order valence-electron chi connectivity index (χ3n) is 2.84. The first kappa shape index (κ1) is 12.5. The molecule has 0 bridgehead atoms. The number of nitrogens with one attached hydrogen (secondary N) is 1. The highest BCUT2D eigenvalue weighted by Gasteiger charge is 2.12. The molecule has 1 aromatic rings. The van der Waals surface area contributed by atoms with Crippen LogP contribution in [0.1, 0.15) is 26.7 Å². The summed E-state index contributed by atoms with van der Waals surface area (Å²) in [5.74, 6) is 0.569. The Morgan fingerprint density at radius 2 is 1.94 bits per heavy atom. The Balaban J connectivity index is 2.69. The molecule has 0 saturated carbocycles. The van der Waals surface area contributed by atoms with E-state index in [0.717, 1.165) is 19.4 Å². The van der Waals surface area contributed by atoms with Gasteiger partial charge in [-0.3, -0.25) is 10.1 Å². The third-order valence-corrected chi connectivity index (χ3v) is 2.84. The fraction of sp³-hybridized carbons (Fsp3) is 0.500. The molecule has 4 nitrogen and oxygen atoms in total. The zero-order valence-corrected chi connectivity index (χ0v) is 9.77. The zero-order valence-electron chi connectivity index (χ0n) is 9.77. The normalized spacial score (nSPS) is 10.4. The number of hydrogen-bond donors (Lipinski definition) is 1. The van der Waals surface area contributed by atoms with Crippen molar-refractivity contribution < 1.29 is 4.92 Å². The van der Waals surface area contributed by atoms with Gasteiger partial charge in [0.05, 0.1) is 4.92 Å². The Hall–Kier alpha value is -1.58. The van der Waals surface area contributed by atoms with Crippen LogP contribution in [0.5, 0.6) is 0 Å². The first-order valence-electron chi connectivity index (χ1n) is 5.66. The van der Waals surface area contributed by atoms with Gasteiger partial charge < -0.3 is 5.32 Å². The van der Waals surface area contributed by atoms with Gasteiger partial charge in [-0.15, -0.1) is 0 Å². The van der Waals surface area contributed by atoms with Gasteiger partial charge in [0.25, 0.3) is 5.69 Å². The summed E-state index contributed by atoms with van der Waals surface area (Å²) in [6.07, 6.45) is 2.17. The average Bonchev–Trinajstić information content (AvgIpc) is 2.30. The zero-order chi connectivity index (χ0) is 12.0. The maximum absolute atomic E-state index is 10.8. The van der Waals surface area contributed by atoms with Crippen LogP contribution in [0.4, 0.5) is 11.4 Å². The fourth-order valence-electron chi connectivity index (χ4n) is 1.61. The summed E-state index contributed by atoms with van der Waals surface area (Å²) in [4.78, 5) is 10.4. The maximum Gasteiger partial charge on any atom is 0.292 e. The van der Waals surface area contributed by atoms with Crippen LogP contribution < -0.4 is 5.32 Å². The van der Waals surface area contributed by atoms with Crippen LogP contribution >= 0.6 is 0 Å². The molecule has 0 atom stereocenters. The Kier molecular flexibility index (Phi) is 4.76. The Morgan fingerprint density at radius 3 is 2.50 bits per heavy atom. The van der Waals surface area contributed by atoms with Gasteiger partial charge in [-0.25, -0.2) is 0 Å². The molecule has 1 N–H and O–H groups in total. The molecule has 0 aromatic heterocycles. The van der Waals surface area contributed by atoms with Crippen molar-refractivity contribution >= 4 is 11.4 Å². The lowest BCUT2D eigenvalue weighted by molar-refractivity contribution is -0.384. The Bertz CT molecular complexity index is 349. The molecule has 88 valence electrons. The second kappa shape index (κ2) is 6.10. The third kappa shape index (κ3) is 3.22. The minimum atomic E-state index is -0.352. The Morgan fingerprint density at radius 1 is 1.31 bits per heavy atom. The topological polar surface area (TPSA) is 55.2 Å². The molecule has 0 aliphatic rings. The van der Waals surface area contributed by atoms with E-state index in [4.69, 9.17) is 0 Å². The van der Waals surface area contributed by atoms with Crippen LogP contribution in [0, 0.1) is 16.0 Å². The van der Waals surface area contributed by atoms with Crippen LogP contribution in [0.25, 0.3) is 0 Å². The van der Waals surface area contributed by atoms with Crippen LogP contribution in [0.2, 0.25) is 0 Å². The van der Waals surface area contributed by atoms with Crippen LogP contribution in [-0.2, 0) is 0 Å². The number of hydrogen-bond acceptors (Lipinski definition) is 3. The second-order valence-corrected chi connectivity index (χ2v) is 3.84. The van der Waals surface area contributed by atoms with Gasteiger partial charge in [-0.2, -0.15) is 0 Å². The van der Waals surface area contributed by atoms with Crippen molar-refractivity contribution in [3.05, 3.63) is 34.4 Å². The van der Waals surface area contributed by atoms with E-state index in [1.165, 1.54) is 6.07 Å². The van der Waals surface area contributed by atoms with Crippen molar-refractivity contribution in [3.63, 3.8) is 0 Å². The smallest absolute Gasteiger partial charge is 0.292 e. The van der Waals surface area contributed by atoms with E-state index in [9.17, 15) is 10.1 Å². The average molecular weight is 222 g/mol. The van der Waals surface area contributed by atoms with Gasteiger partial charge >= 0.3 is 0 Å². The molecule has 4 heteroatoms. The molecule has 0 fully saturated rings. The molecule has 1 aromatic carbocycles. The molecule has 0 unspecified atom stereocenters. The lowest BCUT2D eigenvalue weighted by atomic mass is 10.0. The van der Waals surface area contributed by atoms with Gasteiger partial charge in [0, 0.05) is 12.6 Å². The second-order valence-electron chi connectivity index (χ2n) is 3.84. The molecule has 0 saturated heterocycles. The number of benzene rings is 1. The van der Waals surface area contributed by atoms with Crippen molar-refractivity contribution in [3.8, 4) is 0 Å². The van der Waals surface area contributed by atoms with E-state index in [1.807, 2.05) is 6.07 Å². The van der Waals surface area contributed by atoms with Crippen LogP contribution in [-0.4, -0.2) is 11.5 Å². The molecule has 0 aliphatic heterocycles. The molecule has 0 amide bonds. The monoisotopic (exact) mass is 222 g/mol. The summed E-state index contributed by atoms with van der Waals surface area (Å²) in [6.45, 7) is 5.06. The summed E-state index contributed by atoms with van der Waals surface area (Å²) < 4.78 is 0. The van der Waals surface area contributed by atoms with E-state index in [2.05, 4.69) is 19.2 Å². The van der Waals surface area contributed by atoms with Gasteiger partial charge in [-0.05, 0) is 12.0 Å². The summed E-state index contributed by atoms with van der Waals surface area (Å²) in [5.41, 5.74) is 0.757. The number of nitro benzene ring substituents is 1. The predicted octanol–water partition coefficient (Wildman–Crippen LogP) is 3.44. The molecule has 0 radical (unpaired) electrons. The van der Waals surface area contributed by atoms with Crippen molar-refractivity contribution in [2.24, 2.45) is 5.92 Å². The number of nitro groups is 1. The van der Waals surface area contributed by atoms with Gasteiger partial charge in [0.2, 0.25) is 0 Å². The molecule has 0 heterocycles. The molecule has 0 aliphatic carbocycles. The predicted molar refractivity (Wildman–Crippen MR) is 65.7 cm³/mol. The van der Waals surface area contributed by atoms with Crippen molar-refractivity contribution in [1.82, 2.24) is 0 Å². The molecule has 0 spiro atoms. The summed E-state index contributed by atoms with van der Waals surface area (Å²) >= 11 is 0. The van der Waals surface area contributed by atoms with E-state index < -0.39 is 0 Å². The highest BCUT2D eigenvalue weighted by Crippen LogP contribution is 2.23.